The molecule has 0 aliphatic rings. The van der Waals surface area contributed by atoms with E-state index in [2.05, 4.69) is 4.98 Å². The highest BCUT2D eigenvalue weighted by Gasteiger charge is 2.07. The molecule has 68 valence electrons. The zero-order valence-corrected chi connectivity index (χ0v) is 7.61. The monoisotopic (exact) mass is 178 g/mol. The van der Waals surface area contributed by atoms with Gasteiger partial charge in [0.25, 0.3) is 0 Å². The molecule has 0 radical (unpaired) electrons. The number of nitrogen functional groups attached to an aromatic ring is 1. The lowest BCUT2D eigenvalue weighted by molar-refractivity contribution is 0.630. The maximum Gasteiger partial charge on any atom is 0.126 e. The summed E-state index contributed by atoms with van der Waals surface area (Å²) in [7, 11) is 0. The standard InChI is InChI=1S/C10H11FN2/c1-5-6(2)13-10-8(5)3-7(11)4-9(10)12/h3-4,13H,12H2,1-2H3. The van der Waals surface area contributed by atoms with Crippen LogP contribution in [0.2, 0.25) is 0 Å². The van der Waals surface area contributed by atoms with Gasteiger partial charge in [0.2, 0.25) is 0 Å². The molecular formula is C10H11FN2. The summed E-state index contributed by atoms with van der Waals surface area (Å²) in [4.78, 5) is 3.13. The highest BCUT2D eigenvalue weighted by molar-refractivity contribution is 5.93. The molecule has 1 aromatic heterocycles. The van der Waals surface area contributed by atoms with E-state index >= 15 is 0 Å². The number of hydrogen-bond donors (Lipinski definition) is 2. The number of halogens is 1. The van der Waals surface area contributed by atoms with Crippen LogP contribution >= 0.6 is 0 Å². The maximum absolute atomic E-state index is 13.0. The summed E-state index contributed by atoms with van der Waals surface area (Å²) < 4.78 is 13.0. The SMILES string of the molecule is Cc1[nH]c2c(N)cc(F)cc2c1C. The topological polar surface area (TPSA) is 41.8 Å². The van der Waals surface area contributed by atoms with Crippen molar-refractivity contribution in [1.29, 1.82) is 0 Å². The lowest BCUT2D eigenvalue weighted by Gasteiger charge is -1.96. The summed E-state index contributed by atoms with van der Waals surface area (Å²) in [5.74, 6) is -0.285. The number of aryl methyl sites for hydroxylation is 2. The molecule has 2 aromatic rings. The van der Waals surface area contributed by atoms with Gasteiger partial charge in [-0.1, -0.05) is 0 Å². The van der Waals surface area contributed by atoms with E-state index in [1.807, 2.05) is 13.8 Å². The van der Waals surface area contributed by atoms with E-state index in [1.54, 1.807) is 0 Å². The molecule has 13 heavy (non-hydrogen) atoms. The van der Waals surface area contributed by atoms with Gasteiger partial charge in [-0.15, -0.1) is 0 Å². The van der Waals surface area contributed by atoms with Crippen LogP contribution in [-0.2, 0) is 0 Å². The van der Waals surface area contributed by atoms with E-state index in [0.29, 0.717) is 5.69 Å². The van der Waals surface area contributed by atoms with Gasteiger partial charge in [-0.05, 0) is 31.5 Å². The Morgan fingerprint density at radius 1 is 1.31 bits per heavy atom. The van der Waals surface area contributed by atoms with Gasteiger partial charge >= 0.3 is 0 Å². The fourth-order valence-electron chi connectivity index (χ4n) is 1.55. The predicted molar refractivity (Wildman–Crippen MR) is 52.1 cm³/mol. The van der Waals surface area contributed by atoms with Gasteiger partial charge in [-0.25, -0.2) is 4.39 Å². The molecule has 0 bridgehead atoms. The Labute approximate surface area is 75.6 Å². The van der Waals surface area contributed by atoms with E-state index in [-0.39, 0.29) is 5.82 Å². The minimum atomic E-state index is -0.285. The quantitative estimate of drug-likeness (QED) is 0.598. The molecule has 2 nitrogen and oxygen atoms in total. The van der Waals surface area contributed by atoms with Crippen LogP contribution in [0.25, 0.3) is 10.9 Å². The highest BCUT2D eigenvalue weighted by Crippen LogP contribution is 2.26. The third kappa shape index (κ3) is 1.08. The first-order valence-corrected chi connectivity index (χ1v) is 4.13. The molecule has 2 rings (SSSR count). The molecule has 0 atom stereocenters. The average molecular weight is 178 g/mol. The number of nitrogens with two attached hydrogens (primary N) is 1. The van der Waals surface area contributed by atoms with Crippen molar-refractivity contribution < 1.29 is 4.39 Å². The summed E-state index contributed by atoms with van der Waals surface area (Å²) in [6.07, 6.45) is 0. The third-order valence-corrected chi connectivity index (χ3v) is 2.41. The first-order chi connectivity index (χ1) is 6.09. The number of H-pyrrole nitrogens is 1. The van der Waals surface area contributed by atoms with Gasteiger partial charge in [0.15, 0.2) is 0 Å². The number of benzene rings is 1. The number of aromatic amines is 1. The van der Waals surface area contributed by atoms with Gasteiger partial charge < -0.3 is 10.7 Å². The Morgan fingerprint density at radius 3 is 2.69 bits per heavy atom. The van der Waals surface area contributed by atoms with Crippen LogP contribution in [0.4, 0.5) is 10.1 Å². The second-order valence-corrected chi connectivity index (χ2v) is 3.29. The van der Waals surface area contributed by atoms with Crippen molar-refractivity contribution in [2.24, 2.45) is 0 Å². The van der Waals surface area contributed by atoms with Crippen molar-refractivity contribution >= 4 is 16.6 Å². The molecule has 0 aliphatic carbocycles. The Balaban J connectivity index is 2.94. The second-order valence-electron chi connectivity index (χ2n) is 3.29. The normalized spacial score (nSPS) is 11.0. The third-order valence-electron chi connectivity index (χ3n) is 2.41. The molecule has 0 fully saturated rings. The van der Waals surface area contributed by atoms with Crippen LogP contribution in [0.3, 0.4) is 0 Å². The fraction of sp³-hybridized carbons (Fsp3) is 0.200. The molecule has 3 N–H and O–H groups in total. The molecular weight excluding hydrogens is 167 g/mol. The molecule has 0 amide bonds. The zero-order valence-electron chi connectivity index (χ0n) is 7.61. The average Bonchev–Trinajstić information content (AvgIpc) is 2.32. The zero-order chi connectivity index (χ0) is 9.59. The summed E-state index contributed by atoms with van der Waals surface area (Å²) in [6.45, 7) is 3.90. The number of rotatable bonds is 0. The Kier molecular flexibility index (Phi) is 1.55. The van der Waals surface area contributed by atoms with Crippen LogP contribution in [0.1, 0.15) is 11.3 Å². The van der Waals surface area contributed by atoms with Gasteiger partial charge in [0, 0.05) is 11.1 Å². The Morgan fingerprint density at radius 2 is 2.00 bits per heavy atom. The van der Waals surface area contributed by atoms with E-state index in [4.69, 9.17) is 5.73 Å². The van der Waals surface area contributed by atoms with E-state index in [0.717, 1.165) is 22.2 Å². The molecule has 0 saturated heterocycles. The van der Waals surface area contributed by atoms with E-state index in [9.17, 15) is 4.39 Å². The smallest absolute Gasteiger partial charge is 0.126 e. The molecule has 0 aliphatic heterocycles. The molecule has 1 heterocycles. The first-order valence-electron chi connectivity index (χ1n) is 4.13. The van der Waals surface area contributed by atoms with Gasteiger partial charge in [-0.2, -0.15) is 0 Å². The van der Waals surface area contributed by atoms with E-state index < -0.39 is 0 Å². The van der Waals surface area contributed by atoms with Gasteiger partial charge in [-0.3, -0.25) is 0 Å². The molecule has 0 spiro atoms. The van der Waals surface area contributed by atoms with Crippen LogP contribution in [0, 0.1) is 19.7 Å². The minimum Gasteiger partial charge on any atom is -0.397 e. The Hall–Kier alpha value is -1.51. The van der Waals surface area contributed by atoms with E-state index in [1.165, 1.54) is 12.1 Å². The lowest BCUT2D eigenvalue weighted by atomic mass is 10.1. The summed E-state index contributed by atoms with van der Waals surface area (Å²) in [5.41, 5.74) is 9.05. The number of hydrogen-bond acceptors (Lipinski definition) is 1. The van der Waals surface area contributed by atoms with Crippen LogP contribution in [0.5, 0.6) is 0 Å². The summed E-state index contributed by atoms with van der Waals surface area (Å²) in [6, 6.07) is 2.84. The summed E-state index contributed by atoms with van der Waals surface area (Å²) >= 11 is 0. The van der Waals surface area contributed by atoms with Crippen molar-refractivity contribution in [3.63, 3.8) is 0 Å². The summed E-state index contributed by atoms with van der Waals surface area (Å²) in [5, 5.41) is 0.870. The first kappa shape index (κ1) is 8.10. The minimum absolute atomic E-state index is 0.285. The number of aromatic nitrogens is 1. The number of nitrogens with one attached hydrogen (secondary N) is 1. The molecule has 0 saturated carbocycles. The van der Waals surface area contributed by atoms with Gasteiger partial charge in [0.05, 0.1) is 11.2 Å². The van der Waals surface area contributed by atoms with Gasteiger partial charge in [0.1, 0.15) is 5.82 Å². The number of anilines is 1. The fourth-order valence-corrected chi connectivity index (χ4v) is 1.55. The van der Waals surface area contributed by atoms with Crippen molar-refractivity contribution in [2.75, 3.05) is 5.73 Å². The largest absolute Gasteiger partial charge is 0.397 e. The molecule has 1 aromatic carbocycles. The Bertz CT molecular complexity index is 471. The number of fused-ring (bicyclic) bond motifs is 1. The van der Waals surface area contributed by atoms with Crippen molar-refractivity contribution in [3.8, 4) is 0 Å². The van der Waals surface area contributed by atoms with Crippen molar-refractivity contribution in [1.82, 2.24) is 4.98 Å². The van der Waals surface area contributed by atoms with Crippen LogP contribution < -0.4 is 5.73 Å². The second kappa shape index (κ2) is 2.49. The molecule has 0 unspecified atom stereocenters. The lowest BCUT2D eigenvalue weighted by Crippen LogP contribution is -1.88. The predicted octanol–water partition coefficient (Wildman–Crippen LogP) is 2.51. The van der Waals surface area contributed by atoms with Crippen molar-refractivity contribution in [3.05, 3.63) is 29.2 Å². The van der Waals surface area contributed by atoms with Crippen LogP contribution in [-0.4, -0.2) is 4.98 Å². The molecule has 3 heteroatoms. The highest BCUT2D eigenvalue weighted by atomic mass is 19.1. The van der Waals surface area contributed by atoms with Crippen molar-refractivity contribution in [2.45, 2.75) is 13.8 Å². The maximum atomic E-state index is 13.0. The van der Waals surface area contributed by atoms with Crippen LogP contribution in [0.15, 0.2) is 12.1 Å².